The molecule has 0 aliphatic heterocycles. The molecule has 0 fully saturated rings. The fourth-order valence-corrected chi connectivity index (χ4v) is 2.16. The molecule has 0 atom stereocenters. The van der Waals surface area contributed by atoms with Crippen LogP contribution in [0, 0.1) is 6.92 Å². The van der Waals surface area contributed by atoms with Gasteiger partial charge in [-0.1, -0.05) is 29.8 Å². The maximum absolute atomic E-state index is 12.5. The molecule has 8 heteroatoms. The Morgan fingerprint density at radius 2 is 2.00 bits per heavy atom. The number of amides is 1. The van der Waals surface area contributed by atoms with Crippen LogP contribution >= 0.6 is 0 Å². The van der Waals surface area contributed by atoms with E-state index in [0.29, 0.717) is 16.9 Å². The highest BCUT2D eigenvalue weighted by molar-refractivity contribution is 6.02. The number of aromatic nitrogens is 4. The minimum absolute atomic E-state index is 0.0819. The summed E-state index contributed by atoms with van der Waals surface area (Å²) in [6.07, 6.45) is 4.22. The third-order valence-electron chi connectivity index (χ3n) is 3.40. The van der Waals surface area contributed by atoms with E-state index in [4.69, 9.17) is 0 Å². The number of alkyl halides is 2. The fraction of sp³-hybridized carbons (Fsp3) is 0.188. The van der Waals surface area contributed by atoms with Crippen molar-refractivity contribution in [2.24, 2.45) is 0 Å². The molecule has 0 aliphatic carbocycles. The lowest BCUT2D eigenvalue weighted by molar-refractivity contribution is 0.0561. The number of nitrogens with zero attached hydrogens (tertiary/aromatic N) is 4. The molecule has 0 spiro atoms. The number of halogens is 2. The fourth-order valence-electron chi connectivity index (χ4n) is 2.16. The van der Waals surface area contributed by atoms with Gasteiger partial charge in [-0.05, 0) is 18.6 Å². The molecule has 1 amide bonds. The molecule has 0 saturated carbocycles. The van der Waals surface area contributed by atoms with Gasteiger partial charge in [0.05, 0.1) is 18.4 Å². The second-order valence-corrected chi connectivity index (χ2v) is 5.32. The number of hydrogen-bond donors (Lipinski definition) is 1. The number of carbonyl (C=O) groups excluding carboxylic acids is 1. The van der Waals surface area contributed by atoms with Crippen molar-refractivity contribution in [3.8, 4) is 0 Å². The Morgan fingerprint density at radius 1 is 1.25 bits per heavy atom. The first-order chi connectivity index (χ1) is 11.5. The molecule has 3 aromatic rings. The third kappa shape index (κ3) is 3.65. The standard InChI is InChI=1S/C16H15F2N5O/c1-11-2-4-12(5-3-11)9-22-10-13(8-19-22)20-15(24)14-6-7-23(21-14)16(17)18/h2-8,10,16H,9H2,1H3,(H,20,24). The van der Waals surface area contributed by atoms with E-state index in [9.17, 15) is 13.6 Å². The van der Waals surface area contributed by atoms with E-state index in [1.807, 2.05) is 31.2 Å². The van der Waals surface area contributed by atoms with Crippen LogP contribution in [-0.2, 0) is 6.54 Å². The van der Waals surface area contributed by atoms with Crippen LogP contribution in [0.5, 0.6) is 0 Å². The first-order valence-electron chi connectivity index (χ1n) is 7.24. The highest BCUT2D eigenvalue weighted by atomic mass is 19.3. The number of anilines is 1. The van der Waals surface area contributed by atoms with Gasteiger partial charge in [-0.25, -0.2) is 4.68 Å². The second kappa shape index (κ2) is 6.61. The van der Waals surface area contributed by atoms with Gasteiger partial charge in [-0.15, -0.1) is 0 Å². The van der Waals surface area contributed by atoms with Crippen molar-refractivity contribution < 1.29 is 13.6 Å². The van der Waals surface area contributed by atoms with Gasteiger partial charge in [0.15, 0.2) is 5.69 Å². The van der Waals surface area contributed by atoms with E-state index >= 15 is 0 Å². The second-order valence-electron chi connectivity index (χ2n) is 5.32. The highest BCUT2D eigenvalue weighted by Crippen LogP contribution is 2.12. The molecule has 1 aromatic carbocycles. The van der Waals surface area contributed by atoms with Gasteiger partial charge in [0.25, 0.3) is 5.91 Å². The molecule has 2 heterocycles. The molecular weight excluding hydrogens is 316 g/mol. The Kier molecular flexibility index (Phi) is 4.37. The van der Waals surface area contributed by atoms with E-state index in [-0.39, 0.29) is 5.69 Å². The van der Waals surface area contributed by atoms with Gasteiger partial charge < -0.3 is 5.32 Å². The molecule has 0 radical (unpaired) electrons. The zero-order valence-corrected chi connectivity index (χ0v) is 12.9. The van der Waals surface area contributed by atoms with Crippen LogP contribution in [0.2, 0.25) is 0 Å². The molecule has 0 unspecified atom stereocenters. The molecule has 0 bridgehead atoms. The lowest BCUT2D eigenvalue weighted by Crippen LogP contribution is -2.13. The summed E-state index contributed by atoms with van der Waals surface area (Å²) in [4.78, 5) is 12.0. The summed E-state index contributed by atoms with van der Waals surface area (Å²) < 4.78 is 27.0. The van der Waals surface area contributed by atoms with Crippen LogP contribution in [-0.4, -0.2) is 25.5 Å². The Morgan fingerprint density at radius 3 is 2.67 bits per heavy atom. The van der Waals surface area contributed by atoms with Crippen LogP contribution in [0.3, 0.4) is 0 Å². The minimum atomic E-state index is -2.77. The zero-order valence-electron chi connectivity index (χ0n) is 12.9. The van der Waals surface area contributed by atoms with Crippen LogP contribution in [0.4, 0.5) is 14.5 Å². The van der Waals surface area contributed by atoms with Crippen molar-refractivity contribution in [1.82, 2.24) is 19.6 Å². The number of aryl methyl sites for hydroxylation is 1. The largest absolute Gasteiger partial charge is 0.333 e. The quantitative estimate of drug-likeness (QED) is 0.781. The molecule has 3 rings (SSSR count). The molecule has 24 heavy (non-hydrogen) atoms. The lowest BCUT2D eigenvalue weighted by atomic mass is 10.1. The first-order valence-corrected chi connectivity index (χ1v) is 7.24. The summed E-state index contributed by atoms with van der Waals surface area (Å²) >= 11 is 0. The van der Waals surface area contributed by atoms with Crippen molar-refractivity contribution in [2.45, 2.75) is 20.0 Å². The third-order valence-corrected chi connectivity index (χ3v) is 3.40. The van der Waals surface area contributed by atoms with Crippen molar-refractivity contribution in [2.75, 3.05) is 5.32 Å². The molecular formula is C16H15F2N5O. The maximum atomic E-state index is 12.5. The van der Waals surface area contributed by atoms with Gasteiger partial charge in [0, 0.05) is 12.4 Å². The summed E-state index contributed by atoms with van der Waals surface area (Å²) in [5.41, 5.74) is 2.65. The lowest BCUT2D eigenvalue weighted by Gasteiger charge is -2.02. The normalized spacial score (nSPS) is 11.0. The smallest absolute Gasteiger partial charge is 0.318 e. The van der Waals surface area contributed by atoms with E-state index < -0.39 is 12.5 Å². The molecule has 124 valence electrons. The summed E-state index contributed by atoms with van der Waals surface area (Å²) in [6.45, 7) is -0.194. The van der Waals surface area contributed by atoms with Crippen molar-refractivity contribution >= 4 is 11.6 Å². The van der Waals surface area contributed by atoms with Crippen LogP contribution in [0.1, 0.15) is 28.2 Å². The zero-order chi connectivity index (χ0) is 17.1. The van der Waals surface area contributed by atoms with Gasteiger partial charge >= 0.3 is 6.55 Å². The Labute approximate surface area is 136 Å². The molecule has 0 aliphatic rings. The Hall–Kier alpha value is -3.03. The monoisotopic (exact) mass is 331 g/mol. The van der Waals surface area contributed by atoms with Crippen LogP contribution in [0.25, 0.3) is 0 Å². The van der Waals surface area contributed by atoms with E-state index in [1.54, 1.807) is 10.9 Å². The van der Waals surface area contributed by atoms with Crippen molar-refractivity contribution in [3.05, 3.63) is 65.7 Å². The van der Waals surface area contributed by atoms with Gasteiger partial charge in [-0.2, -0.15) is 19.0 Å². The predicted octanol–water partition coefficient (Wildman–Crippen LogP) is 3.08. The summed E-state index contributed by atoms with van der Waals surface area (Å²) in [7, 11) is 0. The Bertz CT molecular complexity index is 838. The van der Waals surface area contributed by atoms with E-state index in [1.165, 1.54) is 17.8 Å². The maximum Gasteiger partial charge on any atom is 0.333 e. The van der Waals surface area contributed by atoms with Gasteiger partial charge in [0.1, 0.15) is 0 Å². The average molecular weight is 331 g/mol. The molecule has 2 aromatic heterocycles. The number of nitrogens with one attached hydrogen (secondary N) is 1. The summed E-state index contributed by atoms with van der Waals surface area (Å²) in [5, 5.41) is 10.3. The highest BCUT2D eigenvalue weighted by Gasteiger charge is 2.14. The average Bonchev–Trinajstić information content (AvgIpc) is 3.19. The Balaban J connectivity index is 1.64. The van der Waals surface area contributed by atoms with Gasteiger partial charge in [-0.3, -0.25) is 9.48 Å². The number of hydrogen-bond acceptors (Lipinski definition) is 3. The minimum Gasteiger partial charge on any atom is -0.318 e. The molecule has 1 N–H and O–H groups in total. The summed E-state index contributed by atoms with van der Waals surface area (Å²) in [5.74, 6) is -0.565. The van der Waals surface area contributed by atoms with Crippen LogP contribution in [0.15, 0.2) is 48.9 Å². The van der Waals surface area contributed by atoms with Crippen LogP contribution < -0.4 is 5.32 Å². The topological polar surface area (TPSA) is 64.7 Å². The molecule has 6 nitrogen and oxygen atoms in total. The SMILES string of the molecule is Cc1ccc(Cn2cc(NC(=O)c3ccn(C(F)F)n3)cn2)cc1. The number of carbonyl (C=O) groups is 1. The molecule has 0 saturated heterocycles. The number of benzene rings is 1. The van der Waals surface area contributed by atoms with Gasteiger partial charge in [0.2, 0.25) is 0 Å². The van der Waals surface area contributed by atoms with Crippen molar-refractivity contribution in [3.63, 3.8) is 0 Å². The summed E-state index contributed by atoms with van der Waals surface area (Å²) in [6, 6.07) is 9.28. The van der Waals surface area contributed by atoms with E-state index in [0.717, 1.165) is 11.8 Å². The predicted molar refractivity (Wildman–Crippen MR) is 83.9 cm³/mol. The van der Waals surface area contributed by atoms with E-state index in [2.05, 4.69) is 15.5 Å². The first kappa shape index (κ1) is 15.9. The number of rotatable bonds is 5. The van der Waals surface area contributed by atoms with Crippen molar-refractivity contribution in [1.29, 1.82) is 0 Å².